The number of urea groups is 1. The fourth-order valence-electron chi connectivity index (χ4n) is 3.05. The van der Waals surface area contributed by atoms with Crippen molar-refractivity contribution in [2.24, 2.45) is 0 Å². The summed E-state index contributed by atoms with van der Waals surface area (Å²) < 4.78 is 13.5. The number of hydrogen-bond donors (Lipinski definition) is 2. The van der Waals surface area contributed by atoms with E-state index < -0.39 is 0 Å². The van der Waals surface area contributed by atoms with Gasteiger partial charge in [-0.15, -0.1) is 0 Å². The molecule has 1 aliphatic rings. The summed E-state index contributed by atoms with van der Waals surface area (Å²) in [7, 11) is 0. The van der Waals surface area contributed by atoms with Gasteiger partial charge in [-0.3, -0.25) is 0 Å². The molecule has 0 atom stereocenters. The fourth-order valence-corrected chi connectivity index (χ4v) is 3.05. The quantitative estimate of drug-likeness (QED) is 0.867. The Morgan fingerprint density at radius 2 is 1.74 bits per heavy atom. The molecule has 0 bridgehead atoms. The number of nitrogens with one attached hydrogen (secondary N) is 2. The molecule has 2 aromatic rings. The SMILES string of the molecule is O=C(NCCc1ccccc1F)NC1(c2ccccc2)CCC1. The van der Waals surface area contributed by atoms with Crippen molar-refractivity contribution in [2.45, 2.75) is 31.2 Å². The summed E-state index contributed by atoms with van der Waals surface area (Å²) in [4.78, 5) is 12.2. The van der Waals surface area contributed by atoms with Crippen molar-refractivity contribution >= 4 is 6.03 Å². The largest absolute Gasteiger partial charge is 0.338 e. The van der Waals surface area contributed by atoms with E-state index in [2.05, 4.69) is 22.8 Å². The summed E-state index contributed by atoms with van der Waals surface area (Å²) >= 11 is 0. The minimum Gasteiger partial charge on any atom is -0.338 e. The monoisotopic (exact) mass is 312 g/mol. The van der Waals surface area contributed by atoms with Crippen LogP contribution in [0.5, 0.6) is 0 Å². The molecule has 0 radical (unpaired) electrons. The number of benzene rings is 2. The first kappa shape index (κ1) is 15.5. The summed E-state index contributed by atoms with van der Waals surface area (Å²) in [5, 5.41) is 5.94. The highest BCUT2D eigenvalue weighted by atomic mass is 19.1. The van der Waals surface area contributed by atoms with Crippen LogP contribution in [0.2, 0.25) is 0 Å². The maximum atomic E-state index is 13.5. The van der Waals surface area contributed by atoms with Crippen LogP contribution in [0, 0.1) is 5.82 Å². The van der Waals surface area contributed by atoms with E-state index in [1.165, 1.54) is 6.07 Å². The van der Waals surface area contributed by atoms with Gasteiger partial charge >= 0.3 is 6.03 Å². The number of amides is 2. The second kappa shape index (κ2) is 6.82. The van der Waals surface area contributed by atoms with Gasteiger partial charge in [0.1, 0.15) is 5.82 Å². The third kappa shape index (κ3) is 3.52. The van der Waals surface area contributed by atoms with Crippen molar-refractivity contribution in [1.29, 1.82) is 0 Å². The van der Waals surface area contributed by atoms with Crippen LogP contribution < -0.4 is 10.6 Å². The molecule has 0 saturated heterocycles. The molecule has 2 aromatic carbocycles. The first-order valence-corrected chi connectivity index (χ1v) is 8.05. The summed E-state index contributed by atoms with van der Waals surface area (Å²) in [6, 6.07) is 16.5. The highest BCUT2D eigenvalue weighted by molar-refractivity contribution is 5.75. The van der Waals surface area contributed by atoms with Crippen LogP contribution in [-0.4, -0.2) is 12.6 Å². The van der Waals surface area contributed by atoms with Gasteiger partial charge < -0.3 is 10.6 Å². The van der Waals surface area contributed by atoms with Crippen molar-refractivity contribution in [2.75, 3.05) is 6.54 Å². The minimum atomic E-state index is -0.247. The van der Waals surface area contributed by atoms with Gasteiger partial charge in [-0.2, -0.15) is 0 Å². The molecule has 0 aromatic heterocycles. The molecule has 1 aliphatic carbocycles. The van der Waals surface area contributed by atoms with Gasteiger partial charge in [0.2, 0.25) is 0 Å². The standard InChI is InChI=1S/C19H21FN2O/c20-17-10-5-4-7-15(17)11-14-21-18(23)22-19(12-6-13-19)16-8-2-1-3-9-16/h1-5,7-10H,6,11-14H2,(H2,21,22,23). The normalized spacial score (nSPS) is 15.5. The molecule has 23 heavy (non-hydrogen) atoms. The summed E-state index contributed by atoms with van der Waals surface area (Å²) in [5.74, 6) is -0.227. The molecule has 120 valence electrons. The van der Waals surface area contributed by atoms with E-state index in [0.717, 1.165) is 24.8 Å². The molecule has 4 heteroatoms. The Balaban J connectivity index is 1.54. The van der Waals surface area contributed by atoms with Crippen LogP contribution in [0.25, 0.3) is 0 Å². The lowest BCUT2D eigenvalue weighted by atomic mass is 9.72. The zero-order valence-electron chi connectivity index (χ0n) is 13.0. The Labute approximate surface area is 135 Å². The topological polar surface area (TPSA) is 41.1 Å². The fraction of sp³-hybridized carbons (Fsp3) is 0.316. The maximum Gasteiger partial charge on any atom is 0.315 e. The molecule has 3 nitrogen and oxygen atoms in total. The molecular weight excluding hydrogens is 291 g/mol. The maximum absolute atomic E-state index is 13.5. The number of carbonyl (C=O) groups is 1. The molecular formula is C19H21FN2O. The van der Waals surface area contributed by atoms with Gasteiger partial charge in [0, 0.05) is 6.54 Å². The van der Waals surface area contributed by atoms with E-state index in [9.17, 15) is 9.18 Å². The number of carbonyl (C=O) groups excluding carboxylic acids is 1. The van der Waals surface area contributed by atoms with Gasteiger partial charge in [0.15, 0.2) is 0 Å². The molecule has 2 N–H and O–H groups in total. The van der Waals surface area contributed by atoms with Crippen LogP contribution >= 0.6 is 0 Å². The summed E-state index contributed by atoms with van der Waals surface area (Å²) in [6.07, 6.45) is 3.51. The van der Waals surface area contributed by atoms with E-state index in [1.54, 1.807) is 18.2 Å². The van der Waals surface area contributed by atoms with Gasteiger partial charge in [0.25, 0.3) is 0 Å². The Bertz CT molecular complexity index is 668. The Morgan fingerprint density at radius 3 is 2.39 bits per heavy atom. The Kier molecular flexibility index (Phi) is 4.60. The van der Waals surface area contributed by atoms with Crippen molar-refractivity contribution < 1.29 is 9.18 Å². The predicted octanol–water partition coefficient (Wildman–Crippen LogP) is 3.75. The van der Waals surface area contributed by atoms with Crippen LogP contribution in [0.1, 0.15) is 30.4 Å². The van der Waals surface area contributed by atoms with Crippen molar-refractivity contribution in [3.8, 4) is 0 Å². The second-order valence-corrected chi connectivity index (χ2v) is 6.02. The lowest BCUT2D eigenvalue weighted by molar-refractivity contribution is 0.177. The van der Waals surface area contributed by atoms with Gasteiger partial charge in [-0.25, -0.2) is 9.18 Å². The molecule has 0 unspecified atom stereocenters. The van der Waals surface area contributed by atoms with E-state index in [4.69, 9.17) is 0 Å². The van der Waals surface area contributed by atoms with E-state index in [0.29, 0.717) is 18.5 Å². The van der Waals surface area contributed by atoms with Gasteiger partial charge in [0.05, 0.1) is 5.54 Å². The first-order chi connectivity index (χ1) is 11.2. The summed E-state index contributed by atoms with van der Waals surface area (Å²) in [5.41, 5.74) is 1.52. The van der Waals surface area contributed by atoms with Gasteiger partial charge in [-0.1, -0.05) is 48.5 Å². The number of rotatable bonds is 5. The molecule has 1 saturated carbocycles. The van der Waals surface area contributed by atoms with Crippen LogP contribution in [0.15, 0.2) is 54.6 Å². The van der Waals surface area contributed by atoms with Crippen LogP contribution in [-0.2, 0) is 12.0 Å². The third-order valence-electron chi connectivity index (χ3n) is 4.52. The zero-order valence-corrected chi connectivity index (χ0v) is 13.0. The van der Waals surface area contributed by atoms with E-state index in [1.807, 2.05) is 18.2 Å². The molecule has 0 heterocycles. The predicted molar refractivity (Wildman–Crippen MR) is 88.6 cm³/mol. The average molecular weight is 312 g/mol. The Morgan fingerprint density at radius 1 is 1.04 bits per heavy atom. The molecule has 0 spiro atoms. The van der Waals surface area contributed by atoms with Crippen LogP contribution in [0.4, 0.5) is 9.18 Å². The van der Waals surface area contributed by atoms with Gasteiger partial charge in [-0.05, 0) is 42.9 Å². The summed E-state index contributed by atoms with van der Waals surface area (Å²) in [6.45, 7) is 0.414. The third-order valence-corrected chi connectivity index (χ3v) is 4.52. The highest BCUT2D eigenvalue weighted by Crippen LogP contribution is 2.40. The minimum absolute atomic E-state index is 0.190. The second-order valence-electron chi connectivity index (χ2n) is 6.02. The van der Waals surface area contributed by atoms with Crippen molar-refractivity contribution in [3.63, 3.8) is 0 Å². The number of halogens is 1. The Hall–Kier alpha value is -2.36. The molecule has 3 rings (SSSR count). The molecule has 2 amide bonds. The first-order valence-electron chi connectivity index (χ1n) is 8.05. The van der Waals surface area contributed by atoms with E-state index in [-0.39, 0.29) is 17.4 Å². The number of hydrogen-bond acceptors (Lipinski definition) is 1. The zero-order chi connectivity index (χ0) is 16.1. The smallest absolute Gasteiger partial charge is 0.315 e. The van der Waals surface area contributed by atoms with Crippen molar-refractivity contribution in [3.05, 3.63) is 71.5 Å². The molecule has 0 aliphatic heterocycles. The van der Waals surface area contributed by atoms with Crippen LogP contribution in [0.3, 0.4) is 0 Å². The lowest BCUT2D eigenvalue weighted by Gasteiger charge is -2.43. The molecule has 1 fully saturated rings. The van der Waals surface area contributed by atoms with E-state index >= 15 is 0 Å². The van der Waals surface area contributed by atoms with Crippen molar-refractivity contribution in [1.82, 2.24) is 10.6 Å². The highest BCUT2D eigenvalue weighted by Gasteiger charge is 2.39. The lowest BCUT2D eigenvalue weighted by Crippen LogP contribution is -2.54. The average Bonchev–Trinajstić information content (AvgIpc) is 2.54.